The summed E-state index contributed by atoms with van der Waals surface area (Å²) in [6.45, 7) is 5.96. The molecule has 8 heteroatoms. The first-order valence-electron chi connectivity index (χ1n) is 8.76. The Bertz CT molecular complexity index is 809. The summed E-state index contributed by atoms with van der Waals surface area (Å²) >= 11 is 18.4. The first-order chi connectivity index (χ1) is 13.0. The lowest BCUT2D eigenvalue weighted by atomic mass is 10.1. The number of carbonyl (C=O) groups excluding carboxylic acids is 1. The number of amides is 1. The van der Waals surface area contributed by atoms with Gasteiger partial charge in [-0.1, -0.05) is 46.9 Å². The van der Waals surface area contributed by atoms with Gasteiger partial charge in [0.15, 0.2) is 5.15 Å². The van der Waals surface area contributed by atoms with E-state index < -0.39 is 0 Å². The van der Waals surface area contributed by atoms with Crippen molar-refractivity contribution in [3.05, 3.63) is 57.3 Å². The quantitative estimate of drug-likeness (QED) is 0.727. The number of carbonyl (C=O) groups is 1. The fourth-order valence-electron chi connectivity index (χ4n) is 3.10. The normalized spacial score (nSPS) is 16.9. The van der Waals surface area contributed by atoms with Gasteiger partial charge in [0.2, 0.25) is 5.91 Å². The van der Waals surface area contributed by atoms with E-state index in [2.05, 4.69) is 20.1 Å². The van der Waals surface area contributed by atoms with Crippen LogP contribution in [-0.2, 0) is 11.3 Å². The van der Waals surface area contributed by atoms with Gasteiger partial charge in [-0.3, -0.25) is 14.6 Å². The van der Waals surface area contributed by atoms with E-state index in [0.29, 0.717) is 20.9 Å². The third-order valence-corrected chi connectivity index (χ3v) is 5.94. The molecule has 1 aliphatic heterocycles. The van der Waals surface area contributed by atoms with Gasteiger partial charge in [-0.2, -0.15) is 0 Å². The monoisotopic (exact) mass is 426 g/mol. The van der Waals surface area contributed by atoms with Crippen molar-refractivity contribution in [3.63, 3.8) is 0 Å². The molecular weight excluding hydrogens is 407 g/mol. The Kier molecular flexibility index (Phi) is 6.95. The number of anilines is 1. The largest absolute Gasteiger partial charge is 0.322 e. The molecule has 0 radical (unpaired) electrons. The lowest BCUT2D eigenvalue weighted by molar-refractivity contribution is -0.121. The standard InChI is InChI=1S/C19H21Cl3N4O/c1-13(19(27)24-16-6-3-7-23-18(16)22)26-10-8-25(9-11-26)12-14-4-2-5-15(20)17(14)21/h2-7,13H,8-12H2,1H3,(H,24,27). The summed E-state index contributed by atoms with van der Waals surface area (Å²) in [6.07, 6.45) is 1.59. The molecular formula is C19H21Cl3N4O. The van der Waals surface area contributed by atoms with E-state index in [4.69, 9.17) is 34.8 Å². The number of pyridine rings is 1. The zero-order chi connectivity index (χ0) is 19.4. The fourth-order valence-corrected chi connectivity index (χ4v) is 3.65. The second kappa shape index (κ2) is 9.22. The van der Waals surface area contributed by atoms with E-state index in [1.165, 1.54) is 0 Å². The van der Waals surface area contributed by atoms with Crippen molar-refractivity contribution in [1.29, 1.82) is 0 Å². The summed E-state index contributed by atoms with van der Waals surface area (Å²) in [4.78, 5) is 21.0. The highest BCUT2D eigenvalue weighted by molar-refractivity contribution is 6.42. The predicted molar refractivity (Wildman–Crippen MR) is 111 cm³/mol. The first kappa shape index (κ1) is 20.4. The van der Waals surface area contributed by atoms with Gasteiger partial charge in [-0.05, 0) is 30.7 Å². The summed E-state index contributed by atoms with van der Waals surface area (Å²) in [7, 11) is 0. The van der Waals surface area contributed by atoms with Crippen LogP contribution < -0.4 is 5.32 Å². The maximum atomic E-state index is 12.5. The number of piperazine rings is 1. The molecule has 1 amide bonds. The first-order valence-corrected chi connectivity index (χ1v) is 9.90. The number of hydrogen-bond donors (Lipinski definition) is 1. The van der Waals surface area contributed by atoms with Gasteiger partial charge < -0.3 is 5.32 Å². The lowest BCUT2D eigenvalue weighted by Gasteiger charge is -2.37. The molecule has 2 heterocycles. The molecule has 0 bridgehead atoms. The topological polar surface area (TPSA) is 48.5 Å². The summed E-state index contributed by atoms with van der Waals surface area (Å²) in [5.74, 6) is -0.0868. The van der Waals surface area contributed by atoms with E-state index in [-0.39, 0.29) is 11.9 Å². The Balaban J connectivity index is 1.53. The van der Waals surface area contributed by atoms with Crippen LogP contribution in [0.25, 0.3) is 0 Å². The summed E-state index contributed by atoms with van der Waals surface area (Å²) in [5, 5.41) is 4.33. The van der Waals surface area contributed by atoms with Crippen LogP contribution in [0, 0.1) is 0 Å². The molecule has 1 aromatic heterocycles. The number of nitrogens with zero attached hydrogens (tertiary/aromatic N) is 3. The Morgan fingerprint density at radius 1 is 1.15 bits per heavy atom. The second-order valence-electron chi connectivity index (χ2n) is 6.53. The Labute approximate surface area is 174 Å². The van der Waals surface area contributed by atoms with Crippen molar-refractivity contribution in [3.8, 4) is 0 Å². The fraction of sp³-hybridized carbons (Fsp3) is 0.368. The molecule has 27 heavy (non-hydrogen) atoms. The van der Waals surface area contributed by atoms with Gasteiger partial charge in [-0.15, -0.1) is 0 Å². The molecule has 1 atom stereocenters. The third-order valence-electron chi connectivity index (χ3n) is 4.78. The molecule has 2 aromatic rings. The van der Waals surface area contributed by atoms with Crippen LogP contribution in [0.2, 0.25) is 15.2 Å². The zero-order valence-electron chi connectivity index (χ0n) is 15.0. The van der Waals surface area contributed by atoms with Crippen LogP contribution in [-0.4, -0.2) is 52.9 Å². The average molecular weight is 428 g/mol. The maximum absolute atomic E-state index is 12.5. The number of halogens is 3. The van der Waals surface area contributed by atoms with Crippen molar-refractivity contribution < 1.29 is 4.79 Å². The molecule has 1 aromatic carbocycles. The molecule has 5 nitrogen and oxygen atoms in total. The Morgan fingerprint density at radius 2 is 1.89 bits per heavy atom. The second-order valence-corrected chi connectivity index (χ2v) is 7.68. The Hall–Kier alpha value is -1.37. The SMILES string of the molecule is CC(C(=O)Nc1cccnc1Cl)N1CCN(Cc2cccc(Cl)c2Cl)CC1. The average Bonchev–Trinajstić information content (AvgIpc) is 2.67. The minimum Gasteiger partial charge on any atom is -0.322 e. The molecule has 0 aliphatic carbocycles. The number of aromatic nitrogens is 1. The highest BCUT2D eigenvalue weighted by Gasteiger charge is 2.26. The number of benzene rings is 1. The lowest BCUT2D eigenvalue weighted by Crippen LogP contribution is -2.52. The van der Waals surface area contributed by atoms with Crippen LogP contribution in [0.15, 0.2) is 36.5 Å². The summed E-state index contributed by atoms with van der Waals surface area (Å²) < 4.78 is 0. The van der Waals surface area contributed by atoms with Gasteiger partial charge in [-0.25, -0.2) is 4.98 Å². The molecule has 1 N–H and O–H groups in total. The molecule has 1 unspecified atom stereocenters. The molecule has 0 spiro atoms. The summed E-state index contributed by atoms with van der Waals surface area (Å²) in [5.41, 5.74) is 1.56. The van der Waals surface area contributed by atoms with Crippen LogP contribution in [0.5, 0.6) is 0 Å². The van der Waals surface area contributed by atoms with Crippen LogP contribution in [0.3, 0.4) is 0 Å². The van der Waals surface area contributed by atoms with Crippen molar-refractivity contribution >= 4 is 46.4 Å². The van der Waals surface area contributed by atoms with Crippen molar-refractivity contribution in [2.24, 2.45) is 0 Å². The van der Waals surface area contributed by atoms with E-state index >= 15 is 0 Å². The van der Waals surface area contributed by atoms with Gasteiger partial charge >= 0.3 is 0 Å². The molecule has 1 fully saturated rings. The highest BCUT2D eigenvalue weighted by Crippen LogP contribution is 2.27. The predicted octanol–water partition coefficient (Wildman–Crippen LogP) is 4.19. The van der Waals surface area contributed by atoms with Crippen molar-refractivity contribution in [2.75, 3.05) is 31.5 Å². The van der Waals surface area contributed by atoms with Crippen LogP contribution >= 0.6 is 34.8 Å². The number of hydrogen-bond acceptors (Lipinski definition) is 4. The number of nitrogens with one attached hydrogen (secondary N) is 1. The molecule has 0 saturated carbocycles. The van der Waals surface area contributed by atoms with E-state index in [9.17, 15) is 4.79 Å². The van der Waals surface area contributed by atoms with E-state index in [1.807, 2.05) is 19.1 Å². The molecule has 1 saturated heterocycles. The smallest absolute Gasteiger partial charge is 0.241 e. The minimum atomic E-state index is -0.252. The van der Waals surface area contributed by atoms with Gasteiger partial charge in [0.25, 0.3) is 0 Å². The molecule has 1 aliphatic rings. The van der Waals surface area contributed by atoms with Crippen molar-refractivity contribution in [1.82, 2.24) is 14.8 Å². The van der Waals surface area contributed by atoms with Gasteiger partial charge in [0.1, 0.15) is 0 Å². The highest BCUT2D eigenvalue weighted by atomic mass is 35.5. The van der Waals surface area contributed by atoms with Gasteiger partial charge in [0, 0.05) is 38.9 Å². The maximum Gasteiger partial charge on any atom is 0.241 e. The molecule has 3 rings (SSSR count). The zero-order valence-corrected chi connectivity index (χ0v) is 17.2. The molecule has 144 valence electrons. The third kappa shape index (κ3) is 5.12. The van der Waals surface area contributed by atoms with E-state index in [0.717, 1.165) is 38.3 Å². The van der Waals surface area contributed by atoms with E-state index in [1.54, 1.807) is 24.4 Å². The van der Waals surface area contributed by atoms with Crippen LogP contribution in [0.4, 0.5) is 5.69 Å². The number of rotatable bonds is 5. The Morgan fingerprint density at radius 3 is 2.59 bits per heavy atom. The van der Waals surface area contributed by atoms with Crippen molar-refractivity contribution in [2.45, 2.75) is 19.5 Å². The van der Waals surface area contributed by atoms with Crippen LogP contribution in [0.1, 0.15) is 12.5 Å². The van der Waals surface area contributed by atoms with Gasteiger partial charge in [0.05, 0.1) is 21.8 Å². The summed E-state index contributed by atoms with van der Waals surface area (Å²) in [6, 6.07) is 8.93. The minimum absolute atomic E-state index is 0.0868.